The summed E-state index contributed by atoms with van der Waals surface area (Å²) in [5.74, 6) is 0.522. The van der Waals surface area contributed by atoms with Crippen molar-refractivity contribution < 1.29 is 4.92 Å². The van der Waals surface area contributed by atoms with Crippen LogP contribution in [0.25, 0.3) is 6.08 Å². The van der Waals surface area contributed by atoms with Crippen molar-refractivity contribution >= 4 is 17.7 Å². The average molecular weight is 371 g/mol. The highest BCUT2D eigenvalue weighted by Crippen LogP contribution is 2.19. The Morgan fingerprint density at radius 3 is 2.96 bits per heavy atom. The fourth-order valence-corrected chi connectivity index (χ4v) is 2.95. The summed E-state index contributed by atoms with van der Waals surface area (Å²) in [6, 6.07) is 11.4. The van der Waals surface area contributed by atoms with Crippen molar-refractivity contribution in [3.05, 3.63) is 92.1 Å². The Labute approximate surface area is 157 Å². The van der Waals surface area contributed by atoms with Crippen molar-refractivity contribution in [3.63, 3.8) is 0 Å². The Kier molecular flexibility index (Phi) is 5.53. The van der Waals surface area contributed by atoms with Crippen LogP contribution in [0.4, 0.5) is 0 Å². The number of rotatable bonds is 5. The Morgan fingerprint density at radius 2 is 2.27 bits per heavy atom. The van der Waals surface area contributed by atoms with E-state index in [2.05, 4.69) is 10.3 Å². The van der Waals surface area contributed by atoms with Crippen LogP contribution in [0.3, 0.4) is 0 Å². The van der Waals surface area contributed by atoms with Gasteiger partial charge in [-0.3, -0.25) is 10.1 Å². The molecule has 2 aromatic rings. The number of halogens is 1. The highest BCUT2D eigenvalue weighted by molar-refractivity contribution is 6.29. The summed E-state index contributed by atoms with van der Waals surface area (Å²) in [5.41, 5.74) is 3.03. The zero-order valence-corrected chi connectivity index (χ0v) is 15.1. The van der Waals surface area contributed by atoms with Crippen LogP contribution in [0, 0.1) is 17.0 Å². The van der Waals surface area contributed by atoms with Crippen molar-refractivity contribution in [1.82, 2.24) is 15.2 Å². The topological polar surface area (TPSA) is 71.3 Å². The summed E-state index contributed by atoms with van der Waals surface area (Å²) in [5, 5.41) is 15.2. The molecule has 0 saturated carbocycles. The molecule has 0 amide bonds. The summed E-state index contributed by atoms with van der Waals surface area (Å²) < 4.78 is 0. The van der Waals surface area contributed by atoms with Gasteiger partial charge in [-0.2, -0.15) is 0 Å². The van der Waals surface area contributed by atoms with Gasteiger partial charge in [0.05, 0.1) is 4.92 Å². The third-order valence-electron chi connectivity index (χ3n) is 4.07. The molecule has 134 valence electrons. The second-order valence-electron chi connectivity index (χ2n) is 6.08. The highest BCUT2D eigenvalue weighted by atomic mass is 35.5. The third kappa shape index (κ3) is 4.40. The van der Waals surface area contributed by atoms with Crippen LogP contribution in [0.5, 0.6) is 0 Å². The molecule has 3 rings (SSSR count). The number of hydrogen-bond donors (Lipinski definition) is 1. The van der Waals surface area contributed by atoms with Crippen LogP contribution in [-0.4, -0.2) is 27.9 Å². The lowest BCUT2D eigenvalue weighted by molar-refractivity contribution is -0.421. The SMILES string of the molecule is Cc1cccc(/C=C/C(=C2/NCCN2Cc2ccc(Cl)nc2)[N+](=O)[O-])c1. The smallest absolute Gasteiger partial charge is 0.309 e. The molecule has 1 aromatic carbocycles. The van der Waals surface area contributed by atoms with Crippen LogP contribution in [-0.2, 0) is 6.54 Å². The number of benzene rings is 1. The Balaban J connectivity index is 1.86. The summed E-state index contributed by atoms with van der Waals surface area (Å²) in [4.78, 5) is 17.3. The molecule has 6 nitrogen and oxygen atoms in total. The molecule has 0 atom stereocenters. The van der Waals surface area contributed by atoms with Gasteiger partial charge in [-0.05, 0) is 30.2 Å². The lowest BCUT2D eigenvalue weighted by atomic mass is 10.1. The Hall–Kier alpha value is -2.86. The number of aryl methyl sites for hydroxylation is 1. The monoisotopic (exact) mass is 370 g/mol. The summed E-state index contributed by atoms with van der Waals surface area (Å²) in [7, 11) is 0. The Bertz CT molecular complexity index is 862. The molecular formula is C19H19ClN4O2. The van der Waals surface area contributed by atoms with E-state index in [1.807, 2.05) is 42.2 Å². The van der Waals surface area contributed by atoms with Crippen LogP contribution < -0.4 is 5.32 Å². The third-order valence-corrected chi connectivity index (χ3v) is 4.29. The van der Waals surface area contributed by atoms with Gasteiger partial charge in [-0.15, -0.1) is 0 Å². The van der Waals surface area contributed by atoms with Gasteiger partial charge in [0.15, 0.2) is 5.82 Å². The molecule has 2 heterocycles. The van der Waals surface area contributed by atoms with Crippen LogP contribution >= 0.6 is 11.6 Å². The molecule has 7 heteroatoms. The lowest BCUT2D eigenvalue weighted by Gasteiger charge is -2.18. The predicted molar refractivity (Wildman–Crippen MR) is 102 cm³/mol. The van der Waals surface area contributed by atoms with Crippen LogP contribution in [0.2, 0.25) is 5.15 Å². The first-order chi connectivity index (χ1) is 12.5. The van der Waals surface area contributed by atoms with Gasteiger partial charge < -0.3 is 10.2 Å². The molecule has 1 aliphatic heterocycles. The zero-order chi connectivity index (χ0) is 18.5. The second kappa shape index (κ2) is 8.01. The van der Waals surface area contributed by atoms with Crippen molar-refractivity contribution in [2.75, 3.05) is 13.1 Å². The summed E-state index contributed by atoms with van der Waals surface area (Å²) in [6.45, 7) is 3.87. The van der Waals surface area contributed by atoms with Gasteiger partial charge in [0, 0.05) is 31.9 Å². The van der Waals surface area contributed by atoms with Crippen LogP contribution in [0.15, 0.2) is 60.2 Å². The molecular weight excluding hydrogens is 352 g/mol. The van der Waals surface area contributed by atoms with E-state index < -0.39 is 0 Å². The standard InChI is InChI=1S/C19H19ClN4O2/c1-14-3-2-4-15(11-14)5-7-17(24(25)26)19-21-9-10-23(19)13-16-6-8-18(20)22-12-16/h2-8,11-12,21H,9-10,13H2,1H3/b7-5+,19-17+. The molecule has 0 radical (unpaired) electrons. The molecule has 1 aliphatic rings. The normalized spacial score (nSPS) is 16.0. The van der Waals surface area contributed by atoms with Gasteiger partial charge in [0.2, 0.25) is 0 Å². The molecule has 1 N–H and O–H groups in total. The van der Waals surface area contributed by atoms with Gasteiger partial charge >= 0.3 is 5.70 Å². The maximum Gasteiger partial charge on any atom is 0.309 e. The van der Waals surface area contributed by atoms with E-state index in [1.165, 1.54) is 0 Å². The molecule has 1 aromatic heterocycles. The van der Waals surface area contributed by atoms with Crippen molar-refractivity contribution in [1.29, 1.82) is 0 Å². The van der Waals surface area contributed by atoms with Crippen LogP contribution in [0.1, 0.15) is 16.7 Å². The Morgan fingerprint density at radius 1 is 1.42 bits per heavy atom. The molecule has 0 bridgehead atoms. The van der Waals surface area contributed by atoms with E-state index >= 15 is 0 Å². The minimum absolute atomic E-state index is 0.0472. The van der Waals surface area contributed by atoms with E-state index in [1.54, 1.807) is 24.4 Å². The van der Waals surface area contributed by atoms with Gasteiger partial charge in [0.1, 0.15) is 5.15 Å². The van der Waals surface area contributed by atoms with Gasteiger partial charge in [-0.25, -0.2) is 4.98 Å². The number of pyridine rings is 1. The summed E-state index contributed by atoms with van der Waals surface area (Å²) in [6.07, 6.45) is 5.00. The van der Waals surface area contributed by atoms with Gasteiger partial charge in [-0.1, -0.05) is 47.5 Å². The minimum atomic E-state index is -0.354. The van der Waals surface area contributed by atoms with E-state index in [4.69, 9.17) is 11.6 Å². The van der Waals surface area contributed by atoms with E-state index in [9.17, 15) is 10.1 Å². The number of aromatic nitrogens is 1. The quantitative estimate of drug-likeness (QED) is 0.494. The van der Waals surface area contributed by atoms with E-state index in [0.29, 0.717) is 30.6 Å². The maximum atomic E-state index is 11.6. The molecule has 1 saturated heterocycles. The second-order valence-corrected chi connectivity index (χ2v) is 6.46. The number of nitro groups is 1. The number of nitrogens with one attached hydrogen (secondary N) is 1. The molecule has 0 spiro atoms. The van der Waals surface area contributed by atoms with E-state index in [-0.39, 0.29) is 10.6 Å². The number of hydrogen-bond acceptors (Lipinski definition) is 5. The maximum absolute atomic E-state index is 11.6. The van der Waals surface area contributed by atoms with Crippen molar-refractivity contribution in [2.45, 2.75) is 13.5 Å². The number of nitrogens with zero attached hydrogens (tertiary/aromatic N) is 3. The first kappa shape index (κ1) is 17.9. The lowest BCUT2D eigenvalue weighted by Crippen LogP contribution is -2.23. The van der Waals surface area contributed by atoms with Crippen molar-refractivity contribution in [3.8, 4) is 0 Å². The fraction of sp³-hybridized carbons (Fsp3) is 0.211. The molecule has 26 heavy (non-hydrogen) atoms. The largest absolute Gasteiger partial charge is 0.364 e. The highest BCUT2D eigenvalue weighted by Gasteiger charge is 2.26. The minimum Gasteiger partial charge on any atom is -0.364 e. The summed E-state index contributed by atoms with van der Waals surface area (Å²) >= 11 is 5.81. The van der Waals surface area contributed by atoms with E-state index in [0.717, 1.165) is 16.7 Å². The molecule has 0 aliphatic carbocycles. The first-order valence-electron chi connectivity index (χ1n) is 8.25. The molecule has 0 unspecified atom stereocenters. The number of allylic oxidation sites excluding steroid dienone is 1. The predicted octanol–water partition coefficient (Wildman–Crippen LogP) is 3.61. The van der Waals surface area contributed by atoms with Crippen molar-refractivity contribution in [2.24, 2.45) is 0 Å². The molecule has 1 fully saturated rings. The van der Waals surface area contributed by atoms with Gasteiger partial charge in [0.25, 0.3) is 0 Å². The fourth-order valence-electron chi connectivity index (χ4n) is 2.84. The zero-order valence-electron chi connectivity index (χ0n) is 14.4. The average Bonchev–Trinajstić information content (AvgIpc) is 3.05. The first-order valence-corrected chi connectivity index (χ1v) is 8.63.